The van der Waals surface area contributed by atoms with Crippen LogP contribution in [-0.2, 0) is 11.3 Å². The normalized spacial score (nSPS) is 13.2. The molecule has 0 saturated carbocycles. The monoisotopic (exact) mass is 346 g/mol. The molecule has 0 bridgehead atoms. The standard InChI is InChI=1S/C14H20BrClN2O/c1-9(13(19)18-14(2,3)4)17-8-10-7-11(15)5-6-12(10)16/h5-7,9,17H,8H2,1-4H3,(H,18,19). The number of nitrogens with one attached hydrogen (secondary N) is 2. The number of hydrogen-bond donors (Lipinski definition) is 2. The van der Waals surface area contributed by atoms with Gasteiger partial charge in [0.2, 0.25) is 5.91 Å². The molecule has 0 saturated heterocycles. The summed E-state index contributed by atoms with van der Waals surface area (Å²) in [6, 6.07) is 5.41. The number of carbonyl (C=O) groups is 1. The Morgan fingerprint density at radius 2 is 2.05 bits per heavy atom. The van der Waals surface area contributed by atoms with Crippen molar-refractivity contribution < 1.29 is 4.79 Å². The van der Waals surface area contributed by atoms with E-state index < -0.39 is 0 Å². The SMILES string of the molecule is CC(NCc1cc(Br)ccc1Cl)C(=O)NC(C)(C)C. The lowest BCUT2D eigenvalue weighted by Crippen LogP contribution is -2.49. The second kappa shape index (κ2) is 6.73. The molecular weight excluding hydrogens is 328 g/mol. The maximum Gasteiger partial charge on any atom is 0.237 e. The molecule has 1 amide bonds. The first-order valence-corrected chi connectivity index (χ1v) is 7.35. The highest BCUT2D eigenvalue weighted by molar-refractivity contribution is 9.10. The zero-order valence-electron chi connectivity index (χ0n) is 11.7. The van der Waals surface area contributed by atoms with Gasteiger partial charge in [-0.25, -0.2) is 0 Å². The largest absolute Gasteiger partial charge is 0.350 e. The van der Waals surface area contributed by atoms with Crippen LogP contribution in [0.25, 0.3) is 0 Å². The number of hydrogen-bond acceptors (Lipinski definition) is 2. The molecule has 1 rings (SSSR count). The Balaban J connectivity index is 2.56. The molecule has 0 aliphatic rings. The summed E-state index contributed by atoms with van der Waals surface area (Å²) in [6.45, 7) is 8.28. The van der Waals surface area contributed by atoms with Gasteiger partial charge in [-0.15, -0.1) is 0 Å². The molecule has 5 heteroatoms. The predicted octanol–water partition coefficient (Wildman–Crippen LogP) is 3.50. The van der Waals surface area contributed by atoms with Gasteiger partial charge in [-0.3, -0.25) is 4.79 Å². The molecule has 1 unspecified atom stereocenters. The highest BCUT2D eigenvalue weighted by Crippen LogP contribution is 2.20. The third-order valence-electron chi connectivity index (χ3n) is 2.50. The first kappa shape index (κ1) is 16.5. The summed E-state index contributed by atoms with van der Waals surface area (Å²) in [5, 5.41) is 6.80. The van der Waals surface area contributed by atoms with Crippen LogP contribution in [0.15, 0.2) is 22.7 Å². The minimum Gasteiger partial charge on any atom is -0.350 e. The van der Waals surface area contributed by atoms with Crippen molar-refractivity contribution in [2.45, 2.75) is 45.8 Å². The van der Waals surface area contributed by atoms with E-state index in [0.717, 1.165) is 10.0 Å². The number of carbonyl (C=O) groups excluding carboxylic acids is 1. The van der Waals surface area contributed by atoms with Gasteiger partial charge < -0.3 is 10.6 Å². The fraction of sp³-hybridized carbons (Fsp3) is 0.500. The molecule has 106 valence electrons. The van der Waals surface area contributed by atoms with Crippen LogP contribution in [0.1, 0.15) is 33.3 Å². The van der Waals surface area contributed by atoms with Crippen LogP contribution in [0.5, 0.6) is 0 Å². The van der Waals surface area contributed by atoms with Gasteiger partial charge in [0.15, 0.2) is 0 Å². The maximum atomic E-state index is 11.9. The Morgan fingerprint density at radius 3 is 2.63 bits per heavy atom. The first-order chi connectivity index (χ1) is 8.69. The molecule has 0 spiro atoms. The van der Waals surface area contributed by atoms with Crippen LogP contribution >= 0.6 is 27.5 Å². The van der Waals surface area contributed by atoms with Gasteiger partial charge in [0.1, 0.15) is 0 Å². The van der Waals surface area contributed by atoms with Crippen LogP contribution in [0.4, 0.5) is 0 Å². The van der Waals surface area contributed by atoms with Crippen molar-refractivity contribution in [1.82, 2.24) is 10.6 Å². The van der Waals surface area contributed by atoms with Crippen LogP contribution < -0.4 is 10.6 Å². The van der Waals surface area contributed by atoms with Crippen LogP contribution in [0.2, 0.25) is 5.02 Å². The summed E-state index contributed by atoms with van der Waals surface area (Å²) in [7, 11) is 0. The summed E-state index contributed by atoms with van der Waals surface area (Å²) in [6.07, 6.45) is 0. The quantitative estimate of drug-likeness (QED) is 0.875. The van der Waals surface area contributed by atoms with Crippen LogP contribution in [-0.4, -0.2) is 17.5 Å². The van der Waals surface area contributed by atoms with Gasteiger partial charge >= 0.3 is 0 Å². The second-order valence-corrected chi connectivity index (χ2v) is 6.90. The number of rotatable bonds is 4. The highest BCUT2D eigenvalue weighted by atomic mass is 79.9. The molecule has 19 heavy (non-hydrogen) atoms. The van der Waals surface area contributed by atoms with Gasteiger partial charge in [0, 0.05) is 21.6 Å². The average molecular weight is 348 g/mol. The fourth-order valence-electron chi connectivity index (χ4n) is 1.51. The molecule has 0 heterocycles. The van der Waals surface area contributed by atoms with E-state index in [4.69, 9.17) is 11.6 Å². The summed E-state index contributed by atoms with van der Waals surface area (Å²) >= 11 is 9.51. The Hall–Kier alpha value is -0.580. The minimum absolute atomic E-state index is 0.0152. The number of amides is 1. The summed E-state index contributed by atoms with van der Waals surface area (Å²) in [4.78, 5) is 11.9. The number of benzene rings is 1. The Bertz CT molecular complexity index is 457. The van der Waals surface area contributed by atoms with Crippen molar-refractivity contribution in [2.24, 2.45) is 0 Å². The molecule has 0 radical (unpaired) electrons. The van der Waals surface area contributed by atoms with E-state index in [9.17, 15) is 4.79 Å². The van der Waals surface area contributed by atoms with Crippen molar-refractivity contribution >= 4 is 33.4 Å². The number of halogens is 2. The van der Waals surface area contributed by atoms with Gasteiger partial charge in [0.25, 0.3) is 0 Å². The van der Waals surface area contributed by atoms with Crippen molar-refractivity contribution in [2.75, 3.05) is 0 Å². The Kier molecular flexibility index (Phi) is 5.83. The predicted molar refractivity (Wildman–Crippen MR) is 83.3 cm³/mol. The molecule has 0 fully saturated rings. The first-order valence-electron chi connectivity index (χ1n) is 6.18. The molecule has 2 N–H and O–H groups in total. The molecule has 3 nitrogen and oxygen atoms in total. The van der Waals surface area contributed by atoms with Gasteiger partial charge in [0.05, 0.1) is 6.04 Å². The van der Waals surface area contributed by atoms with Crippen molar-refractivity contribution in [1.29, 1.82) is 0 Å². The highest BCUT2D eigenvalue weighted by Gasteiger charge is 2.18. The van der Waals surface area contributed by atoms with Gasteiger partial charge in [-0.2, -0.15) is 0 Å². The smallest absolute Gasteiger partial charge is 0.237 e. The van der Waals surface area contributed by atoms with Crippen molar-refractivity contribution in [3.8, 4) is 0 Å². The molecule has 0 aliphatic heterocycles. The topological polar surface area (TPSA) is 41.1 Å². The van der Waals surface area contributed by atoms with Crippen molar-refractivity contribution in [3.63, 3.8) is 0 Å². The van der Waals surface area contributed by atoms with E-state index in [1.807, 2.05) is 45.9 Å². The van der Waals surface area contributed by atoms with E-state index >= 15 is 0 Å². The van der Waals surface area contributed by atoms with Crippen molar-refractivity contribution in [3.05, 3.63) is 33.3 Å². The molecule has 1 aromatic carbocycles. The average Bonchev–Trinajstić information content (AvgIpc) is 2.27. The third kappa shape index (κ3) is 5.93. The lowest BCUT2D eigenvalue weighted by molar-refractivity contribution is -0.124. The summed E-state index contributed by atoms with van der Waals surface area (Å²) in [5.74, 6) is -0.0152. The van der Waals surface area contributed by atoms with E-state index in [2.05, 4.69) is 26.6 Å². The fourth-order valence-corrected chi connectivity index (χ4v) is 2.11. The van der Waals surface area contributed by atoms with E-state index in [1.165, 1.54) is 0 Å². The van der Waals surface area contributed by atoms with Crippen LogP contribution in [0.3, 0.4) is 0 Å². The lowest BCUT2D eigenvalue weighted by Gasteiger charge is -2.23. The minimum atomic E-state index is -0.269. The maximum absolute atomic E-state index is 11.9. The second-order valence-electron chi connectivity index (χ2n) is 5.58. The molecule has 1 aromatic rings. The van der Waals surface area contributed by atoms with Gasteiger partial charge in [-0.05, 0) is 51.5 Å². The summed E-state index contributed by atoms with van der Waals surface area (Å²) < 4.78 is 0.973. The summed E-state index contributed by atoms with van der Waals surface area (Å²) in [5.41, 5.74) is 0.743. The van der Waals surface area contributed by atoms with E-state index in [0.29, 0.717) is 11.6 Å². The zero-order chi connectivity index (χ0) is 14.6. The molecule has 0 aromatic heterocycles. The van der Waals surface area contributed by atoms with Crippen LogP contribution in [0, 0.1) is 0 Å². The Morgan fingerprint density at radius 1 is 1.42 bits per heavy atom. The van der Waals surface area contributed by atoms with E-state index in [-0.39, 0.29) is 17.5 Å². The van der Waals surface area contributed by atoms with E-state index in [1.54, 1.807) is 0 Å². The zero-order valence-corrected chi connectivity index (χ0v) is 14.0. The Labute approximate surface area is 128 Å². The molecule has 0 aliphatic carbocycles. The molecular formula is C14H20BrClN2O. The molecule has 1 atom stereocenters. The third-order valence-corrected chi connectivity index (χ3v) is 3.36. The lowest BCUT2D eigenvalue weighted by atomic mass is 10.1. The van der Waals surface area contributed by atoms with Gasteiger partial charge in [-0.1, -0.05) is 27.5 Å².